The molecule has 0 unspecified atom stereocenters. The minimum absolute atomic E-state index is 0.130. The fourth-order valence-corrected chi connectivity index (χ4v) is 1.55. The molecular formula is C11H11FN6O3. The van der Waals surface area contributed by atoms with Crippen molar-refractivity contribution in [2.24, 2.45) is 5.73 Å². The summed E-state index contributed by atoms with van der Waals surface area (Å²) in [5.74, 6) is -1.31. The van der Waals surface area contributed by atoms with E-state index >= 15 is 0 Å². The number of hydrogen-bond acceptors (Lipinski definition) is 6. The Morgan fingerprint density at radius 2 is 2.29 bits per heavy atom. The molecule has 21 heavy (non-hydrogen) atoms. The first-order chi connectivity index (χ1) is 10.0. The highest BCUT2D eigenvalue weighted by Crippen LogP contribution is 2.19. The van der Waals surface area contributed by atoms with Gasteiger partial charge in [0.2, 0.25) is 11.7 Å². The van der Waals surface area contributed by atoms with Crippen LogP contribution in [0.2, 0.25) is 0 Å². The van der Waals surface area contributed by atoms with Crippen LogP contribution in [0.4, 0.5) is 10.1 Å². The summed E-state index contributed by atoms with van der Waals surface area (Å²) >= 11 is 0. The van der Waals surface area contributed by atoms with E-state index in [4.69, 9.17) is 5.73 Å². The maximum atomic E-state index is 13.5. The SMILES string of the molecule is NCC(=O)NCc1cn(-c2ccc([N+](=O)[O-])c(F)c2)nn1. The monoisotopic (exact) mass is 294 g/mol. The molecule has 0 aliphatic heterocycles. The molecule has 0 atom stereocenters. The molecule has 1 heterocycles. The first-order valence-electron chi connectivity index (χ1n) is 5.83. The van der Waals surface area contributed by atoms with Crippen molar-refractivity contribution >= 4 is 11.6 Å². The molecule has 3 N–H and O–H groups in total. The van der Waals surface area contributed by atoms with E-state index in [0.29, 0.717) is 5.69 Å². The van der Waals surface area contributed by atoms with Crippen molar-refractivity contribution in [2.75, 3.05) is 6.54 Å². The van der Waals surface area contributed by atoms with E-state index in [9.17, 15) is 19.3 Å². The van der Waals surface area contributed by atoms with Gasteiger partial charge in [0, 0.05) is 12.1 Å². The lowest BCUT2D eigenvalue weighted by Gasteiger charge is -2.01. The fraction of sp³-hybridized carbons (Fsp3) is 0.182. The number of rotatable bonds is 5. The number of carbonyl (C=O) groups is 1. The van der Waals surface area contributed by atoms with Crippen LogP contribution in [0, 0.1) is 15.9 Å². The quantitative estimate of drug-likeness (QED) is 0.584. The van der Waals surface area contributed by atoms with Gasteiger partial charge in [-0.05, 0) is 6.07 Å². The molecule has 0 fully saturated rings. The molecule has 0 saturated heterocycles. The number of hydrogen-bond donors (Lipinski definition) is 2. The lowest BCUT2D eigenvalue weighted by Crippen LogP contribution is -2.29. The molecule has 1 amide bonds. The number of carbonyl (C=O) groups excluding carboxylic acids is 1. The third kappa shape index (κ3) is 3.36. The van der Waals surface area contributed by atoms with Gasteiger partial charge in [0.1, 0.15) is 5.69 Å². The van der Waals surface area contributed by atoms with Crippen molar-refractivity contribution < 1.29 is 14.1 Å². The minimum Gasteiger partial charge on any atom is -0.349 e. The predicted molar refractivity (Wildman–Crippen MR) is 68.9 cm³/mol. The Kier molecular flexibility index (Phi) is 4.18. The number of nitro benzene ring substituents is 1. The van der Waals surface area contributed by atoms with Crippen LogP contribution in [0.3, 0.4) is 0 Å². The second kappa shape index (κ2) is 6.05. The maximum Gasteiger partial charge on any atom is 0.304 e. The summed E-state index contributed by atoms with van der Waals surface area (Å²) in [6.45, 7) is -0.00675. The number of aromatic nitrogens is 3. The van der Waals surface area contributed by atoms with Crippen molar-refractivity contribution in [2.45, 2.75) is 6.54 Å². The zero-order chi connectivity index (χ0) is 15.4. The number of amides is 1. The number of nitrogens with two attached hydrogens (primary N) is 1. The van der Waals surface area contributed by atoms with Crippen LogP contribution in [0.5, 0.6) is 0 Å². The van der Waals surface area contributed by atoms with E-state index in [1.165, 1.54) is 16.9 Å². The summed E-state index contributed by atoms with van der Waals surface area (Å²) < 4.78 is 14.8. The lowest BCUT2D eigenvalue weighted by molar-refractivity contribution is -0.387. The molecule has 9 nitrogen and oxygen atoms in total. The largest absolute Gasteiger partial charge is 0.349 e. The van der Waals surface area contributed by atoms with Gasteiger partial charge in [0.25, 0.3) is 0 Å². The number of nitrogens with one attached hydrogen (secondary N) is 1. The van der Waals surface area contributed by atoms with E-state index < -0.39 is 16.4 Å². The van der Waals surface area contributed by atoms with Gasteiger partial charge in [-0.1, -0.05) is 5.21 Å². The van der Waals surface area contributed by atoms with Crippen molar-refractivity contribution in [1.82, 2.24) is 20.3 Å². The van der Waals surface area contributed by atoms with Gasteiger partial charge >= 0.3 is 5.69 Å². The minimum atomic E-state index is -0.967. The molecule has 10 heteroatoms. The molecule has 0 aliphatic rings. The number of benzene rings is 1. The van der Waals surface area contributed by atoms with E-state index in [1.807, 2.05) is 0 Å². The van der Waals surface area contributed by atoms with E-state index in [-0.39, 0.29) is 24.7 Å². The number of halogens is 1. The van der Waals surface area contributed by atoms with Crippen LogP contribution in [-0.4, -0.2) is 32.4 Å². The van der Waals surface area contributed by atoms with E-state index in [1.54, 1.807) is 0 Å². The van der Waals surface area contributed by atoms with Gasteiger partial charge < -0.3 is 11.1 Å². The average Bonchev–Trinajstić information content (AvgIpc) is 2.93. The number of nitrogens with zero attached hydrogens (tertiary/aromatic N) is 4. The molecule has 1 aromatic heterocycles. The molecule has 0 radical (unpaired) electrons. The van der Waals surface area contributed by atoms with Crippen molar-refractivity contribution in [3.63, 3.8) is 0 Å². The molecule has 2 aromatic rings. The van der Waals surface area contributed by atoms with Crippen LogP contribution >= 0.6 is 0 Å². The van der Waals surface area contributed by atoms with Crippen LogP contribution in [0.25, 0.3) is 5.69 Å². The van der Waals surface area contributed by atoms with E-state index in [0.717, 1.165) is 12.1 Å². The molecule has 0 spiro atoms. The highest BCUT2D eigenvalue weighted by atomic mass is 19.1. The lowest BCUT2D eigenvalue weighted by atomic mass is 10.2. The van der Waals surface area contributed by atoms with Crippen LogP contribution in [-0.2, 0) is 11.3 Å². The Bertz CT molecular complexity index is 686. The van der Waals surface area contributed by atoms with Gasteiger partial charge in [-0.25, -0.2) is 4.68 Å². The number of nitro groups is 1. The summed E-state index contributed by atoms with van der Waals surface area (Å²) in [6.07, 6.45) is 1.47. The van der Waals surface area contributed by atoms with Crippen LogP contribution in [0.1, 0.15) is 5.69 Å². The highest BCUT2D eigenvalue weighted by molar-refractivity contribution is 5.77. The Balaban J connectivity index is 2.16. The predicted octanol–water partition coefficient (Wildman–Crippen LogP) is -0.111. The molecule has 0 saturated carbocycles. The van der Waals surface area contributed by atoms with E-state index in [2.05, 4.69) is 15.6 Å². The molecule has 1 aromatic carbocycles. The Labute approximate surface area is 117 Å². The Morgan fingerprint density at radius 3 is 2.90 bits per heavy atom. The smallest absolute Gasteiger partial charge is 0.304 e. The van der Waals surface area contributed by atoms with Gasteiger partial charge in [0.15, 0.2) is 0 Å². The van der Waals surface area contributed by atoms with Crippen molar-refractivity contribution in [1.29, 1.82) is 0 Å². The Hall–Kier alpha value is -2.88. The summed E-state index contributed by atoms with van der Waals surface area (Å²) in [5, 5.41) is 20.6. The van der Waals surface area contributed by atoms with Crippen molar-refractivity contribution in [3.8, 4) is 5.69 Å². The zero-order valence-electron chi connectivity index (χ0n) is 10.7. The first kappa shape index (κ1) is 14.5. The van der Waals surface area contributed by atoms with Gasteiger partial charge in [-0.15, -0.1) is 5.10 Å². The normalized spacial score (nSPS) is 10.4. The molecule has 2 rings (SSSR count). The average molecular weight is 294 g/mol. The first-order valence-corrected chi connectivity index (χ1v) is 5.83. The summed E-state index contributed by atoms with van der Waals surface area (Å²) in [6, 6.07) is 3.37. The summed E-state index contributed by atoms with van der Waals surface area (Å²) in [7, 11) is 0. The molecule has 0 aliphatic carbocycles. The molecular weight excluding hydrogens is 283 g/mol. The summed E-state index contributed by atoms with van der Waals surface area (Å²) in [5.41, 5.74) is 5.24. The highest BCUT2D eigenvalue weighted by Gasteiger charge is 2.15. The van der Waals surface area contributed by atoms with Crippen LogP contribution < -0.4 is 11.1 Å². The van der Waals surface area contributed by atoms with Gasteiger partial charge in [-0.3, -0.25) is 14.9 Å². The third-order valence-electron chi connectivity index (χ3n) is 2.59. The topological polar surface area (TPSA) is 129 Å². The van der Waals surface area contributed by atoms with Crippen molar-refractivity contribution in [3.05, 3.63) is 46.0 Å². The van der Waals surface area contributed by atoms with Gasteiger partial charge in [-0.2, -0.15) is 4.39 Å². The zero-order valence-corrected chi connectivity index (χ0v) is 10.7. The standard InChI is InChI=1S/C11H11FN6O3/c12-9-3-8(1-2-10(9)18(20)21)17-6-7(15-16-17)5-14-11(19)4-13/h1-3,6H,4-5,13H2,(H,14,19). The Morgan fingerprint density at radius 1 is 1.52 bits per heavy atom. The molecule has 0 bridgehead atoms. The third-order valence-corrected chi connectivity index (χ3v) is 2.59. The second-order valence-electron chi connectivity index (χ2n) is 4.03. The fourth-order valence-electron chi connectivity index (χ4n) is 1.55. The molecule has 110 valence electrons. The summed E-state index contributed by atoms with van der Waals surface area (Å²) in [4.78, 5) is 20.7. The maximum absolute atomic E-state index is 13.5. The second-order valence-corrected chi connectivity index (χ2v) is 4.03. The van der Waals surface area contributed by atoms with Crippen LogP contribution in [0.15, 0.2) is 24.4 Å². The van der Waals surface area contributed by atoms with Gasteiger partial charge in [0.05, 0.1) is 29.9 Å².